The van der Waals surface area contributed by atoms with Gasteiger partial charge in [-0.3, -0.25) is 0 Å². The van der Waals surface area contributed by atoms with Crippen LogP contribution in [-0.2, 0) is 0 Å². The Bertz CT molecular complexity index is 608. The van der Waals surface area contributed by atoms with Crippen molar-refractivity contribution < 1.29 is 0 Å². The summed E-state index contributed by atoms with van der Waals surface area (Å²) in [6, 6.07) is 4.09. The van der Waals surface area contributed by atoms with E-state index in [2.05, 4.69) is 36.5 Å². The van der Waals surface area contributed by atoms with E-state index in [1.54, 1.807) is 6.20 Å². The van der Waals surface area contributed by atoms with E-state index >= 15 is 0 Å². The number of hydrogen-bond donors (Lipinski definition) is 2. The topological polar surface area (TPSA) is 49.8 Å². The van der Waals surface area contributed by atoms with Crippen molar-refractivity contribution in [3.63, 3.8) is 0 Å². The number of halogens is 2. The van der Waals surface area contributed by atoms with Crippen molar-refractivity contribution in [2.24, 2.45) is 0 Å². The number of nitrogens with one attached hydrogen (secondary N) is 2. The van der Waals surface area contributed by atoms with E-state index < -0.39 is 0 Å². The lowest BCUT2D eigenvalue weighted by Crippen LogP contribution is -2.04. The Balaban J connectivity index is 2.32. The summed E-state index contributed by atoms with van der Waals surface area (Å²) in [5, 5.41) is 6.79. The quantitative estimate of drug-likeness (QED) is 0.835. The fourth-order valence-corrected chi connectivity index (χ4v) is 2.22. The minimum absolute atomic E-state index is 0.491. The second-order valence-electron chi connectivity index (χ2n) is 4.47. The van der Waals surface area contributed by atoms with Crippen molar-refractivity contribution in [2.75, 3.05) is 17.2 Å². The molecule has 0 saturated carbocycles. The number of anilines is 3. The molecule has 1 aromatic heterocycles. The third-order valence-electron chi connectivity index (χ3n) is 2.78. The van der Waals surface area contributed by atoms with Gasteiger partial charge in [-0.05, 0) is 44.0 Å². The highest BCUT2D eigenvalue weighted by molar-refractivity contribution is 9.10. The summed E-state index contributed by atoms with van der Waals surface area (Å²) < 4.78 is 1.12. The van der Waals surface area contributed by atoms with E-state index in [0.717, 1.165) is 27.8 Å². The van der Waals surface area contributed by atoms with Gasteiger partial charge >= 0.3 is 0 Å². The van der Waals surface area contributed by atoms with Crippen LogP contribution in [0.5, 0.6) is 0 Å². The molecule has 2 aromatic rings. The number of nitrogens with zero attached hydrogens (tertiary/aromatic N) is 2. The van der Waals surface area contributed by atoms with Gasteiger partial charge in [0.1, 0.15) is 5.02 Å². The zero-order chi connectivity index (χ0) is 14.7. The lowest BCUT2D eigenvalue weighted by Gasteiger charge is -2.12. The van der Waals surface area contributed by atoms with Crippen LogP contribution >= 0.6 is 27.5 Å². The van der Waals surface area contributed by atoms with Crippen LogP contribution in [0.1, 0.15) is 18.1 Å². The second-order valence-corrected chi connectivity index (χ2v) is 5.67. The summed E-state index contributed by atoms with van der Waals surface area (Å²) in [6.45, 7) is 6.85. The van der Waals surface area contributed by atoms with E-state index in [-0.39, 0.29) is 0 Å². The average Bonchev–Trinajstić information content (AvgIpc) is 2.40. The van der Waals surface area contributed by atoms with Crippen molar-refractivity contribution >= 4 is 45.0 Å². The maximum absolute atomic E-state index is 6.13. The van der Waals surface area contributed by atoms with Gasteiger partial charge in [-0.1, -0.05) is 27.5 Å². The van der Waals surface area contributed by atoms with E-state index in [0.29, 0.717) is 16.8 Å². The summed E-state index contributed by atoms with van der Waals surface area (Å²) in [4.78, 5) is 8.48. The fraction of sp³-hybridized carbons (Fsp3) is 0.286. The van der Waals surface area contributed by atoms with Gasteiger partial charge < -0.3 is 10.6 Å². The number of benzene rings is 1. The molecule has 6 heteroatoms. The van der Waals surface area contributed by atoms with Crippen LogP contribution in [0, 0.1) is 13.8 Å². The summed E-state index contributed by atoms with van der Waals surface area (Å²) in [5.41, 5.74) is 3.26. The number of hydrogen-bond acceptors (Lipinski definition) is 4. The monoisotopic (exact) mass is 354 g/mol. The zero-order valence-electron chi connectivity index (χ0n) is 11.6. The molecule has 1 aromatic carbocycles. The molecule has 0 aliphatic heterocycles. The first-order valence-corrected chi connectivity index (χ1v) is 7.48. The lowest BCUT2D eigenvalue weighted by atomic mass is 10.1. The molecule has 0 atom stereocenters. The van der Waals surface area contributed by atoms with Gasteiger partial charge in [-0.25, -0.2) is 4.98 Å². The van der Waals surface area contributed by atoms with Gasteiger partial charge in [0.15, 0.2) is 5.82 Å². The first-order chi connectivity index (χ1) is 9.51. The van der Waals surface area contributed by atoms with E-state index in [1.807, 2.05) is 32.9 Å². The third kappa shape index (κ3) is 3.41. The highest BCUT2D eigenvalue weighted by Crippen LogP contribution is 2.28. The Morgan fingerprint density at radius 1 is 1.25 bits per heavy atom. The number of rotatable bonds is 4. The summed E-state index contributed by atoms with van der Waals surface area (Å²) >= 11 is 9.69. The molecule has 0 fully saturated rings. The Morgan fingerprint density at radius 2 is 1.90 bits per heavy atom. The van der Waals surface area contributed by atoms with E-state index in [4.69, 9.17) is 11.6 Å². The Labute approximate surface area is 132 Å². The molecular weight excluding hydrogens is 340 g/mol. The van der Waals surface area contributed by atoms with Crippen LogP contribution in [0.4, 0.5) is 17.5 Å². The average molecular weight is 356 g/mol. The molecule has 1 heterocycles. The molecule has 0 saturated heterocycles. The van der Waals surface area contributed by atoms with Crippen LogP contribution in [0.2, 0.25) is 5.02 Å². The molecule has 106 valence electrons. The second kappa shape index (κ2) is 6.41. The first-order valence-electron chi connectivity index (χ1n) is 6.31. The van der Waals surface area contributed by atoms with Crippen molar-refractivity contribution in [3.05, 3.63) is 39.0 Å². The molecule has 0 radical (unpaired) electrons. The molecule has 20 heavy (non-hydrogen) atoms. The Kier molecular flexibility index (Phi) is 4.83. The summed E-state index contributed by atoms with van der Waals surface area (Å²) in [5.74, 6) is 1.16. The van der Waals surface area contributed by atoms with Crippen molar-refractivity contribution in [2.45, 2.75) is 20.8 Å². The molecule has 2 rings (SSSR count). The lowest BCUT2D eigenvalue weighted by molar-refractivity contribution is 1.09. The molecule has 0 unspecified atom stereocenters. The zero-order valence-corrected chi connectivity index (χ0v) is 13.9. The first kappa shape index (κ1) is 15.1. The van der Waals surface area contributed by atoms with E-state index in [9.17, 15) is 0 Å². The van der Waals surface area contributed by atoms with Gasteiger partial charge in [-0.2, -0.15) is 4.98 Å². The van der Waals surface area contributed by atoms with Gasteiger partial charge in [0.2, 0.25) is 5.95 Å². The molecule has 4 nitrogen and oxygen atoms in total. The third-order valence-corrected chi connectivity index (χ3v) is 4.31. The van der Waals surface area contributed by atoms with Crippen molar-refractivity contribution in [1.29, 1.82) is 0 Å². The van der Waals surface area contributed by atoms with Crippen LogP contribution in [0.25, 0.3) is 0 Å². The highest BCUT2D eigenvalue weighted by Gasteiger charge is 2.07. The molecule has 0 aliphatic carbocycles. The molecule has 0 aliphatic rings. The van der Waals surface area contributed by atoms with Crippen molar-refractivity contribution in [1.82, 2.24) is 9.97 Å². The molecule has 0 bridgehead atoms. The largest absolute Gasteiger partial charge is 0.354 e. The van der Waals surface area contributed by atoms with Crippen LogP contribution in [-0.4, -0.2) is 16.5 Å². The molecule has 2 N–H and O–H groups in total. The highest BCUT2D eigenvalue weighted by atomic mass is 79.9. The van der Waals surface area contributed by atoms with Gasteiger partial charge in [-0.15, -0.1) is 0 Å². The number of aromatic nitrogens is 2. The summed E-state index contributed by atoms with van der Waals surface area (Å²) in [6.07, 6.45) is 1.59. The van der Waals surface area contributed by atoms with Gasteiger partial charge in [0.05, 0.1) is 6.20 Å². The Morgan fingerprint density at radius 3 is 2.50 bits per heavy atom. The minimum atomic E-state index is 0.491. The SMILES string of the molecule is CCNc1ncc(Cl)c(Nc2cc(C)c(Br)c(C)c2)n1. The van der Waals surface area contributed by atoms with Crippen LogP contribution in [0.15, 0.2) is 22.8 Å². The maximum Gasteiger partial charge on any atom is 0.224 e. The smallest absolute Gasteiger partial charge is 0.224 e. The van der Waals surface area contributed by atoms with Crippen molar-refractivity contribution in [3.8, 4) is 0 Å². The van der Waals surface area contributed by atoms with E-state index in [1.165, 1.54) is 0 Å². The molecule has 0 amide bonds. The van der Waals surface area contributed by atoms with Gasteiger partial charge in [0.25, 0.3) is 0 Å². The number of aryl methyl sites for hydroxylation is 2. The predicted octanol–water partition coefficient (Wildman–Crippen LogP) is 4.68. The standard InChI is InChI=1S/C14H16BrClN4/c1-4-17-14-18-7-11(16)13(20-14)19-10-5-8(2)12(15)9(3)6-10/h5-7H,4H2,1-3H3,(H2,17,18,19,20). The molecule has 0 spiro atoms. The van der Waals surface area contributed by atoms with Crippen LogP contribution in [0.3, 0.4) is 0 Å². The normalized spacial score (nSPS) is 10.4. The minimum Gasteiger partial charge on any atom is -0.354 e. The Hall–Kier alpha value is -1.33. The summed E-state index contributed by atoms with van der Waals surface area (Å²) in [7, 11) is 0. The van der Waals surface area contributed by atoms with Crippen LogP contribution < -0.4 is 10.6 Å². The fourth-order valence-electron chi connectivity index (χ4n) is 1.85. The van der Waals surface area contributed by atoms with Gasteiger partial charge in [0, 0.05) is 16.7 Å². The predicted molar refractivity (Wildman–Crippen MR) is 88.1 cm³/mol. The molecular formula is C14H16BrClN4. The maximum atomic E-state index is 6.13.